The molecule has 1 aromatic carbocycles. The number of carbonyl (C=O) groups excluding carboxylic acids is 3. The van der Waals surface area contributed by atoms with Gasteiger partial charge in [-0.2, -0.15) is 0 Å². The number of ether oxygens (including phenoxy) is 1. The van der Waals surface area contributed by atoms with E-state index in [4.69, 9.17) is 10.5 Å². The largest absolute Gasteiger partial charge is 0.446 e. The summed E-state index contributed by atoms with van der Waals surface area (Å²) in [6.45, 7) is 8.89. The first kappa shape index (κ1) is 26.4. The summed E-state index contributed by atoms with van der Waals surface area (Å²) in [5, 5.41) is 3.29. The molecule has 36 heavy (non-hydrogen) atoms. The average Bonchev–Trinajstić information content (AvgIpc) is 3.71. The van der Waals surface area contributed by atoms with E-state index in [1.807, 2.05) is 48.8 Å². The summed E-state index contributed by atoms with van der Waals surface area (Å²) < 4.78 is 5.53. The third-order valence-corrected chi connectivity index (χ3v) is 7.29. The lowest BCUT2D eigenvalue weighted by Crippen LogP contribution is -2.52. The highest BCUT2D eigenvalue weighted by molar-refractivity contribution is 6.04. The molecular formula is C27H41N5O4. The number of hydrogen-bond donors (Lipinski definition) is 2. The van der Waals surface area contributed by atoms with Crippen LogP contribution >= 0.6 is 0 Å². The number of benzene rings is 1. The zero-order valence-electron chi connectivity index (χ0n) is 21.9. The molecule has 2 heterocycles. The number of likely N-dealkylation sites (tertiary alicyclic amines) is 1. The summed E-state index contributed by atoms with van der Waals surface area (Å²) in [4.78, 5) is 44.1. The lowest BCUT2D eigenvalue weighted by atomic mass is 9.96. The lowest BCUT2D eigenvalue weighted by molar-refractivity contribution is -0.131. The van der Waals surface area contributed by atoms with Gasteiger partial charge < -0.3 is 25.6 Å². The van der Waals surface area contributed by atoms with E-state index >= 15 is 0 Å². The van der Waals surface area contributed by atoms with Crippen molar-refractivity contribution < 1.29 is 19.1 Å². The molecule has 2 atom stereocenters. The topological polar surface area (TPSA) is 108 Å². The second kappa shape index (κ2) is 11.6. The number of anilines is 2. The zero-order chi connectivity index (χ0) is 25.8. The molecule has 198 valence electrons. The summed E-state index contributed by atoms with van der Waals surface area (Å²) in [6.07, 6.45) is 4.51. The summed E-state index contributed by atoms with van der Waals surface area (Å²) in [6, 6.07) is 5.73. The van der Waals surface area contributed by atoms with Crippen molar-refractivity contribution in [3.63, 3.8) is 0 Å². The van der Waals surface area contributed by atoms with Crippen LogP contribution in [0.5, 0.6) is 0 Å². The molecule has 1 saturated carbocycles. The fraction of sp³-hybridized carbons (Fsp3) is 0.667. The van der Waals surface area contributed by atoms with Crippen molar-refractivity contribution in [2.45, 2.75) is 70.9 Å². The minimum atomic E-state index is -0.414. The Hall–Kier alpha value is -2.65. The lowest BCUT2D eigenvalue weighted by Gasteiger charge is -2.41. The molecule has 3 N–H and O–H groups in total. The summed E-state index contributed by atoms with van der Waals surface area (Å²) in [5.41, 5.74) is 8.51. The van der Waals surface area contributed by atoms with Crippen LogP contribution in [0.25, 0.3) is 0 Å². The Morgan fingerprint density at radius 1 is 1.11 bits per heavy atom. The molecule has 3 aliphatic rings. The Morgan fingerprint density at radius 2 is 1.83 bits per heavy atom. The monoisotopic (exact) mass is 499 g/mol. The minimum Gasteiger partial charge on any atom is -0.446 e. The van der Waals surface area contributed by atoms with Gasteiger partial charge in [0.25, 0.3) is 0 Å². The highest BCUT2D eigenvalue weighted by Crippen LogP contribution is 2.41. The van der Waals surface area contributed by atoms with Gasteiger partial charge in [-0.1, -0.05) is 6.07 Å². The number of nitrogens with two attached hydrogens (primary N) is 1. The number of carbonyl (C=O) groups is 3. The van der Waals surface area contributed by atoms with E-state index in [-0.39, 0.29) is 42.3 Å². The molecule has 1 aromatic rings. The molecule has 2 aliphatic heterocycles. The van der Waals surface area contributed by atoms with Crippen LogP contribution in [0.3, 0.4) is 0 Å². The number of nitrogens with zero attached hydrogens (tertiary/aromatic N) is 3. The maximum Gasteiger partial charge on any atom is 0.414 e. The highest BCUT2D eigenvalue weighted by Gasteiger charge is 2.41. The van der Waals surface area contributed by atoms with Crippen molar-refractivity contribution >= 4 is 29.3 Å². The van der Waals surface area contributed by atoms with Gasteiger partial charge in [0.2, 0.25) is 11.8 Å². The van der Waals surface area contributed by atoms with Crippen LogP contribution in [0, 0.1) is 5.92 Å². The molecule has 0 radical (unpaired) electrons. The van der Waals surface area contributed by atoms with Crippen LogP contribution < -0.4 is 20.9 Å². The van der Waals surface area contributed by atoms with E-state index in [9.17, 15) is 14.4 Å². The van der Waals surface area contributed by atoms with Gasteiger partial charge in [0, 0.05) is 44.6 Å². The Labute approximate surface area is 214 Å². The highest BCUT2D eigenvalue weighted by atomic mass is 16.6. The van der Waals surface area contributed by atoms with Crippen LogP contribution in [-0.4, -0.2) is 74.2 Å². The van der Waals surface area contributed by atoms with Gasteiger partial charge in [0.05, 0.1) is 30.1 Å². The molecule has 9 heteroatoms. The molecular weight excluding hydrogens is 458 g/mol. The van der Waals surface area contributed by atoms with E-state index in [0.29, 0.717) is 25.3 Å². The first-order valence-electron chi connectivity index (χ1n) is 13.4. The quantitative estimate of drug-likeness (QED) is 0.570. The predicted octanol–water partition coefficient (Wildman–Crippen LogP) is 2.83. The zero-order valence-corrected chi connectivity index (χ0v) is 21.9. The SMILES string of the molecule is CC(C)OC(=O)N1C[C@H](C)N(C(=O)C2CC2)c2ccc(C(CN)CNCC(=O)N3CCCCC3)cc21. The van der Waals surface area contributed by atoms with E-state index in [2.05, 4.69) is 5.32 Å². The second-order valence-electron chi connectivity index (χ2n) is 10.6. The Kier molecular flexibility index (Phi) is 8.51. The first-order valence-corrected chi connectivity index (χ1v) is 13.4. The number of amides is 3. The second-order valence-corrected chi connectivity index (χ2v) is 10.6. The average molecular weight is 500 g/mol. The van der Waals surface area contributed by atoms with Crippen molar-refractivity contribution in [2.24, 2.45) is 11.7 Å². The number of fused-ring (bicyclic) bond motifs is 1. The standard InChI is InChI=1S/C27H41N5O4/c1-18(2)36-27(35)31-17-19(3)32(26(34)20-7-8-20)23-10-9-21(13-24(23)31)22(14-28)15-29-16-25(33)30-11-5-4-6-12-30/h9-10,13,18-20,22,29H,4-8,11-12,14-17,28H2,1-3H3/t19-,22?/m0/s1. The summed E-state index contributed by atoms with van der Waals surface area (Å²) in [5.74, 6) is 0.287. The maximum atomic E-state index is 13.1. The van der Waals surface area contributed by atoms with Gasteiger partial charge >= 0.3 is 6.09 Å². The number of hydrogen-bond acceptors (Lipinski definition) is 6. The van der Waals surface area contributed by atoms with Crippen molar-refractivity contribution in [3.8, 4) is 0 Å². The van der Waals surface area contributed by atoms with Gasteiger partial charge in [-0.3, -0.25) is 14.5 Å². The van der Waals surface area contributed by atoms with E-state index in [1.165, 1.54) is 6.42 Å². The Balaban J connectivity index is 1.53. The Morgan fingerprint density at radius 3 is 2.47 bits per heavy atom. The first-order chi connectivity index (χ1) is 17.3. The summed E-state index contributed by atoms with van der Waals surface area (Å²) >= 11 is 0. The fourth-order valence-electron chi connectivity index (χ4n) is 5.14. The number of piperidine rings is 1. The molecule has 1 saturated heterocycles. The van der Waals surface area contributed by atoms with Gasteiger partial charge in [0.15, 0.2) is 0 Å². The fourth-order valence-corrected chi connectivity index (χ4v) is 5.14. The predicted molar refractivity (Wildman–Crippen MR) is 140 cm³/mol. The van der Waals surface area contributed by atoms with Gasteiger partial charge in [0.1, 0.15) is 0 Å². The smallest absolute Gasteiger partial charge is 0.414 e. The number of nitrogens with one attached hydrogen (secondary N) is 1. The van der Waals surface area contributed by atoms with Crippen LogP contribution in [-0.2, 0) is 14.3 Å². The summed E-state index contributed by atoms with van der Waals surface area (Å²) in [7, 11) is 0. The Bertz CT molecular complexity index is 957. The molecule has 2 fully saturated rings. The molecule has 1 unspecified atom stereocenters. The maximum absolute atomic E-state index is 13.1. The van der Waals surface area contributed by atoms with Crippen molar-refractivity contribution in [3.05, 3.63) is 23.8 Å². The molecule has 3 amide bonds. The molecule has 0 bridgehead atoms. The van der Waals surface area contributed by atoms with Crippen LogP contribution in [0.4, 0.5) is 16.2 Å². The van der Waals surface area contributed by atoms with Crippen LogP contribution in [0.1, 0.15) is 64.4 Å². The molecule has 9 nitrogen and oxygen atoms in total. The van der Waals surface area contributed by atoms with Crippen LogP contribution in [0.15, 0.2) is 18.2 Å². The molecule has 1 aliphatic carbocycles. The van der Waals surface area contributed by atoms with E-state index in [0.717, 1.165) is 50.0 Å². The van der Waals surface area contributed by atoms with E-state index in [1.54, 1.807) is 4.90 Å². The van der Waals surface area contributed by atoms with Gasteiger partial charge in [-0.15, -0.1) is 0 Å². The van der Waals surface area contributed by atoms with Gasteiger partial charge in [-0.25, -0.2) is 4.79 Å². The van der Waals surface area contributed by atoms with Gasteiger partial charge in [-0.05, 0) is 70.6 Å². The molecule has 0 spiro atoms. The van der Waals surface area contributed by atoms with Crippen molar-refractivity contribution in [1.29, 1.82) is 0 Å². The number of rotatable bonds is 8. The van der Waals surface area contributed by atoms with Crippen molar-refractivity contribution in [2.75, 3.05) is 49.1 Å². The molecule has 0 aromatic heterocycles. The van der Waals surface area contributed by atoms with E-state index < -0.39 is 6.09 Å². The third kappa shape index (κ3) is 6.00. The van der Waals surface area contributed by atoms with Crippen LogP contribution in [0.2, 0.25) is 0 Å². The minimum absolute atomic E-state index is 0.0423. The normalized spacial score (nSPS) is 20.8. The van der Waals surface area contributed by atoms with Crippen molar-refractivity contribution in [1.82, 2.24) is 10.2 Å². The molecule has 4 rings (SSSR count). The third-order valence-electron chi connectivity index (χ3n) is 7.29.